The summed E-state index contributed by atoms with van der Waals surface area (Å²) in [6.07, 6.45) is 3.38. The molecule has 2 rings (SSSR count). The van der Waals surface area contributed by atoms with Gasteiger partial charge in [-0.1, -0.05) is 0 Å². The molecule has 0 aromatic carbocycles. The van der Waals surface area contributed by atoms with E-state index in [-0.39, 0.29) is 11.6 Å². The molecule has 2 aliphatic rings. The molecule has 19 heavy (non-hydrogen) atoms. The van der Waals surface area contributed by atoms with Crippen LogP contribution >= 0.6 is 11.8 Å². The van der Waals surface area contributed by atoms with Gasteiger partial charge in [0.05, 0.1) is 5.60 Å². The number of thioether (sulfide) groups is 1. The maximum absolute atomic E-state index is 11.4. The van der Waals surface area contributed by atoms with E-state index in [1.807, 2.05) is 11.8 Å². The first kappa shape index (κ1) is 14.9. The van der Waals surface area contributed by atoms with Gasteiger partial charge in [-0.3, -0.25) is 0 Å². The van der Waals surface area contributed by atoms with Crippen molar-refractivity contribution in [3.8, 4) is 0 Å². The fourth-order valence-electron chi connectivity index (χ4n) is 2.67. The molecule has 2 fully saturated rings. The highest BCUT2D eigenvalue weighted by Gasteiger charge is 2.40. The number of hydrogen-bond donors (Lipinski definition) is 2. The minimum absolute atomic E-state index is 0.0301. The van der Waals surface area contributed by atoms with Crippen LogP contribution in [-0.2, 0) is 4.74 Å². The van der Waals surface area contributed by atoms with Crippen LogP contribution in [0.15, 0.2) is 0 Å². The summed E-state index contributed by atoms with van der Waals surface area (Å²) in [5.41, 5.74) is 0.132. The Bertz CT molecular complexity index is 306. The zero-order valence-electron chi connectivity index (χ0n) is 11.9. The molecule has 0 bridgehead atoms. The first-order valence-electron chi connectivity index (χ1n) is 7.02. The van der Waals surface area contributed by atoms with Crippen LogP contribution in [0.4, 0.5) is 4.79 Å². The lowest BCUT2D eigenvalue weighted by Crippen LogP contribution is -2.49. The predicted molar refractivity (Wildman–Crippen MR) is 78.7 cm³/mol. The molecule has 2 unspecified atom stereocenters. The summed E-state index contributed by atoms with van der Waals surface area (Å²) in [6.45, 7) is 2.37. The third-order valence-electron chi connectivity index (χ3n) is 3.80. The summed E-state index contributed by atoms with van der Waals surface area (Å²) >= 11 is 2.00. The number of hydrogen-bond acceptors (Lipinski definition) is 4. The van der Waals surface area contributed by atoms with E-state index in [2.05, 4.69) is 10.6 Å². The van der Waals surface area contributed by atoms with Gasteiger partial charge in [-0.15, -0.1) is 0 Å². The fraction of sp³-hybridized carbons (Fsp3) is 0.923. The van der Waals surface area contributed by atoms with Gasteiger partial charge in [-0.05, 0) is 25.0 Å². The number of nitrogens with one attached hydrogen (secondary N) is 2. The SMILES string of the molecule is CN(C)C(=O)NCCNC1CCOC2(CCSC2)C1. The number of carbonyl (C=O) groups is 1. The summed E-state index contributed by atoms with van der Waals surface area (Å²) in [4.78, 5) is 12.9. The van der Waals surface area contributed by atoms with Crippen molar-refractivity contribution in [1.82, 2.24) is 15.5 Å². The van der Waals surface area contributed by atoms with Gasteiger partial charge in [0.15, 0.2) is 0 Å². The number of ether oxygens (including phenoxy) is 1. The van der Waals surface area contributed by atoms with Gasteiger partial charge < -0.3 is 20.3 Å². The van der Waals surface area contributed by atoms with E-state index in [0.29, 0.717) is 12.6 Å². The van der Waals surface area contributed by atoms with Crippen LogP contribution in [0.25, 0.3) is 0 Å². The van der Waals surface area contributed by atoms with Crippen molar-refractivity contribution < 1.29 is 9.53 Å². The summed E-state index contributed by atoms with van der Waals surface area (Å²) < 4.78 is 6.00. The van der Waals surface area contributed by atoms with Crippen molar-refractivity contribution in [2.75, 3.05) is 45.3 Å². The van der Waals surface area contributed by atoms with Gasteiger partial charge >= 0.3 is 6.03 Å². The molecule has 0 aromatic rings. The second-order valence-electron chi connectivity index (χ2n) is 5.60. The quantitative estimate of drug-likeness (QED) is 0.755. The highest BCUT2D eigenvalue weighted by Crippen LogP contribution is 2.38. The largest absolute Gasteiger partial charge is 0.374 e. The normalized spacial score (nSPS) is 30.5. The van der Waals surface area contributed by atoms with Crippen molar-refractivity contribution in [2.45, 2.75) is 30.9 Å². The molecule has 2 heterocycles. The molecule has 0 aliphatic carbocycles. The van der Waals surface area contributed by atoms with Crippen molar-refractivity contribution in [1.29, 1.82) is 0 Å². The van der Waals surface area contributed by atoms with E-state index >= 15 is 0 Å². The minimum atomic E-state index is -0.0301. The first-order valence-corrected chi connectivity index (χ1v) is 8.17. The van der Waals surface area contributed by atoms with Crippen LogP contribution < -0.4 is 10.6 Å². The molecule has 2 aliphatic heterocycles. The topological polar surface area (TPSA) is 53.6 Å². The lowest BCUT2D eigenvalue weighted by molar-refractivity contribution is -0.0699. The average molecular weight is 287 g/mol. The van der Waals surface area contributed by atoms with E-state index in [0.717, 1.165) is 31.7 Å². The van der Waals surface area contributed by atoms with Crippen molar-refractivity contribution >= 4 is 17.8 Å². The Morgan fingerprint density at radius 2 is 2.32 bits per heavy atom. The Morgan fingerprint density at radius 3 is 3.00 bits per heavy atom. The minimum Gasteiger partial charge on any atom is -0.374 e. The third kappa shape index (κ3) is 4.26. The molecule has 0 aromatic heterocycles. The third-order valence-corrected chi connectivity index (χ3v) is 5.02. The standard InChI is InChI=1S/C13H25N3O2S/c1-16(2)12(17)15-6-5-14-11-3-7-18-13(9-11)4-8-19-10-13/h11,14H,3-10H2,1-2H3,(H,15,17). The zero-order chi connectivity index (χ0) is 13.7. The Hall–Kier alpha value is -0.460. The Kier molecular flexibility index (Phi) is 5.36. The molecule has 0 radical (unpaired) electrons. The average Bonchev–Trinajstić information content (AvgIpc) is 2.82. The molecule has 2 N–H and O–H groups in total. The van der Waals surface area contributed by atoms with E-state index in [4.69, 9.17) is 4.74 Å². The summed E-state index contributed by atoms with van der Waals surface area (Å²) in [6, 6.07) is 0.501. The van der Waals surface area contributed by atoms with E-state index in [1.165, 1.54) is 12.2 Å². The molecule has 2 atom stereocenters. The van der Waals surface area contributed by atoms with E-state index < -0.39 is 0 Å². The Labute approximate surface area is 119 Å². The number of rotatable bonds is 4. The van der Waals surface area contributed by atoms with Gasteiger partial charge in [0.2, 0.25) is 0 Å². The van der Waals surface area contributed by atoms with Crippen LogP contribution in [-0.4, -0.2) is 67.9 Å². The molecule has 2 saturated heterocycles. The smallest absolute Gasteiger partial charge is 0.316 e. The lowest BCUT2D eigenvalue weighted by atomic mass is 9.90. The van der Waals surface area contributed by atoms with Crippen molar-refractivity contribution in [2.24, 2.45) is 0 Å². The summed E-state index contributed by atoms with van der Waals surface area (Å²) in [5.74, 6) is 2.37. The summed E-state index contributed by atoms with van der Waals surface area (Å²) in [7, 11) is 3.51. The zero-order valence-corrected chi connectivity index (χ0v) is 12.7. The number of carbonyl (C=O) groups excluding carboxylic acids is 1. The second-order valence-corrected chi connectivity index (χ2v) is 6.71. The van der Waals surface area contributed by atoms with Crippen LogP contribution in [0, 0.1) is 0 Å². The first-order chi connectivity index (χ1) is 9.11. The predicted octanol–water partition coefficient (Wildman–Crippen LogP) is 0.902. The molecule has 2 amide bonds. The van der Waals surface area contributed by atoms with Crippen molar-refractivity contribution in [3.05, 3.63) is 0 Å². The van der Waals surface area contributed by atoms with Gasteiger partial charge in [0.25, 0.3) is 0 Å². The molecule has 1 spiro atoms. The number of urea groups is 1. The highest BCUT2D eigenvalue weighted by atomic mass is 32.2. The van der Waals surface area contributed by atoms with Crippen LogP contribution in [0.3, 0.4) is 0 Å². The second kappa shape index (κ2) is 6.81. The molecule has 0 saturated carbocycles. The van der Waals surface area contributed by atoms with Gasteiger partial charge in [0, 0.05) is 45.6 Å². The fourth-order valence-corrected chi connectivity index (χ4v) is 4.05. The van der Waals surface area contributed by atoms with Gasteiger partial charge in [0.1, 0.15) is 0 Å². The van der Waals surface area contributed by atoms with Crippen LogP contribution in [0.1, 0.15) is 19.3 Å². The van der Waals surface area contributed by atoms with Gasteiger partial charge in [-0.2, -0.15) is 11.8 Å². The lowest BCUT2D eigenvalue weighted by Gasteiger charge is -2.38. The molecule has 6 heteroatoms. The monoisotopic (exact) mass is 287 g/mol. The summed E-state index contributed by atoms with van der Waals surface area (Å²) in [5, 5.41) is 6.42. The van der Waals surface area contributed by atoms with E-state index in [1.54, 1.807) is 19.0 Å². The van der Waals surface area contributed by atoms with Gasteiger partial charge in [-0.25, -0.2) is 4.79 Å². The number of amides is 2. The Morgan fingerprint density at radius 1 is 1.47 bits per heavy atom. The Balaban J connectivity index is 1.64. The molecule has 110 valence electrons. The highest BCUT2D eigenvalue weighted by molar-refractivity contribution is 7.99. The number of nitrogens with zero attached hydrogens (tertiary/aromatic N) is 1. The molecular formula is C13H25N3O2S. The maximum atomic E-state index is 11.4. The maximum Gasteiger partial charge on any atom is 0.316 e. The van der Waals surface area contributed by atoms with Crippen LogP contribution in [0.5, 0.6) is 0 Å². The molecular weight excluding hydrogens is 262 g/mol. The van der Waals surface area contributed by atoms with E-state index in [9.17, 15) is 4.79 Å². The van der Waals surface area contributed by atoms with Crippen LogP contribution in [0.2, 0.25) is 0 Å². The van der Waals surface area contributed by atoms with Crippen molar-refractivity contribution in [3.63, 3.8) is 0 Å². The molecule has 5 nitrogen and oxygen atoms in total.